The third kappa shape index (κ3) is 2.55. The Morgan fingerprint density at radius 1 is 1.25 bits per heavy atom. The van der Waals surface area contributed by atoms with E-state index in [1.807, 2.05) is 4.90 Å². The molecule has 1 saturated heterocycles. The SMILES string of the molecule is NCCN(C(=O)C1CCOCC1)C1CCC1. The Balaban J connectivity index is 1.92. The third-order valence-electron chi connectivity index (χ3n) is 3.74. The van der Waals surface area contributed by atoms with Crippen molar-refractivity contribution in [2.24, 2.45) is 11.7 Å². The van der Waals surface area contributed by atoms with Crippen molar-refractivity contribution in [2.45, 2.75) is 38.1 Å². The lowest BCUT2D eigenvalue weighted by molar-refractivity contribution is -0.142. The maximum Gasteiger partial charge on any atom is 0.226 e. The summed E-state index contributed by atoms with van der Waals surface area (Å²) in [5.41, 5.74) is 5.59. The molecule has 92 valence electrons. The van der Waals surface area contributed by atoms with Crippen LogP contribution in [0.15, 0.2) is 0 Å². The second kappa shape index (κ2) is 5.64. The molecule has 2 N–H and O–H groups in total. The lowest BCUT2D eigenvalue weighted by atomic mass is 9.89. The van der Waals surface area contributed by atoms with E-state index in [1.165, 1.54) is 6.42 Å². The first-order chi connectivity index (χ1) is 7.83. The van der Waals surface area contributed by atoms with Gasteiger partial charge < -0.3 is 15.4 Å². The van der Waals surface area contributed by atoms with Crippen LogP contribution in [0.2, 0.25) is 0 Å². The van der Waals surface area contributed by atoms with Crippen molar-refractivity contribution >= 4 is 5.91 Å². The zero-order valence-corrected chi connectivity index (χ0v) is 9.86. The molecule has 2 rings (SSSR count). The van der Waals surface area contributed by atoms with Gasteiger partial charge in [-0.2, -0.15) is 0 Å². The van der Waals surface area contributed by atoms with Crippen LogP contribution in [0.25, 0.3) is 0 Å². The molecule has 1 heterocycles. The summed E-state index contributed by atoms with van der Waals surface area (Å²) in [7, 11) is 0. The highest BCUT2D eigenvalue weighted by atomic mass is 16.5. The van der Waals surface area contributed by atoms with Gasteiger partial charge in [0.25, 0.3) is 0 Å². The van der Waals surface area contributed by atoms with Crippen LogP contribution in [-0.2, 0) is 9.53 Å². The summed E-state index contributed by atoms with van der Waals surface area (Å²) < 4.78 is 5.29. The number of nitrogens with zero attached hydrogens (tertiary/aromatic N) is 1. The molecule has 0 aromatic carbocycles. The third-order valence-corrected chi connectivity index (χ3v) is 3.74. The van der Waals surface area contributed by atoms with Gasteiger partial charge in [-0.1, -0.05) is 0 Å². The second-order valence-corrected chi connectivity index (χ2v) is 4.79. The van der Waals surface area contributed by atoms with Gasteiger partial charge in [-0.15, -0.1) is 0 Å². The van der Waals surface area contributed by atoms with E-state index >= 15 is 0 Å². The van der Waals surface area contributed by atoms with Crippen molar-refractivity contribution in [3.63, 3.8) is 0 Å². The molecule has 1 aliphatic heterocycles. The molecule has 0 unspecified atom stereocenters. The Kier molecular flexibility index (Phi) is 4.18. The molecule has 1 aliphatic carbocycles. The van der Waals surface area contributed by atoms with Gasteiger partial charge in [-0.05, 0) is 32.1 Å². The molecule has 16 heavy (non-hydrogen) atoms. The average Bonchev–Trinajstić information content (AvgIpc) is 2.26. The number of carbonyl (C=O) groups excluding carboxylic acids is 1. The Hall–Kier alpha value is -0.610. The maximum atomic E-state index is 12.3. The summed E-state index contributed by atoms with van der Waals surface area (Å²) in [6.45, 7) is 2.77. The summed E-state index contributed by atoms with van der Waals surface area (Å²) in [4.78, 5) is 14.4. The minimum absolute atomic E-state index is 0.181. The number of hydrogen-bond donors (Lipinski definition) is 1. The predicted octanol–water partition coefficient (Wildman–Crippen LogP) is 0.753. The van der Waals surface area contributed by atoms with Crippen LogP contribution in [0.5, 0.6) is 0 Å². The molecule has 0 aromatic rings. The minimum Gasteiger partial charge on any atom is -0.381 e. The van der Waals surface area contributed by atoms with Crippen LogP contribution in [-0.4, -0.2) is 43.2 Å². The molecule has 1 saturated carbocycles. The maximum absolute atomic E-state index is 12.3. The van der Waals surface area contributed by atoms with Gasteiger partial charge in [0.2, 0.25) is 5.91 Å². The number of amides is 1. The van der Waals surface area contributed by atoms with E-state index < -0.39 is 0 Å². The van der Waals surface area contributed by atoms with Gasteiger partial charge in [0.1, 0.15) is 0 Å². The summed E-state index contributed by atoms with van der Waals surface area (Å²) in [6, 6.07) is 0.471. The Morgan fingerprint density at radius 2 is 1.94 bits per heavy atom. The molecule has 0 spiro atoms. The van der Waals surface area contributed by atoms with Crippen LogP contribution >= 0.6 is 0 Å². The lowest BCUT2D eigenvalue weighted by Crippen LogP contribution is -2.49. The molecule has 0 aromatic heterocycles. The van der Waals surface area contributed by atoms with E-state index in [-0.39, 0.29) is 5.92 Å². The van der Waals surface area contributed by atoms with Crippen molar-refractivity contribution < 1.29 is 9.53 Å². The van der Waals surface area contributed by atoms with Crippen molar-refractivity contribution in [2.75, 3.05) is 26.3 Å². The standard InChI is InChI=1S/C12H22N2O2/c13-6-7-14(11-2-1-3-11)12(15)10-4-8-16-9-5-10/h10-11H,1-9,13H2. The van der Waals surface area contributed by atoms with Crippen molar-refractivity contribution in [1.82, 2.24) is 4.90 Å². The zero-order chi connectivity index (χ0) is 11.4. The van der Waals surface area contributed by atoms with E-state index in [4.69, 9.17) is 10.5 Å². The molecule has 2 fully saturated rings. The fraction of sp³-hybridized carbons (Fsp3) is 0.917. The molecular weight excluding hydrogens is 204 g/mol. The van der Waals surface area contributed by atoms with E-state index in [0.29, 0.717) is 18.5 Å². The van der Waals surface area contributed by atoms with Gasteiger partial charge >= 0.3 is 0 Å². The number of nitrogens with two attached hydrogens (primary N) is 1. The van der Waals surface area contributed by atoms with Gasteiger partial charge in [0.05, 0.1) is 0 Å². The molecule has 0 radical (unpaired) electrons. The fourth-order valence-electron chi connectivity index (χ4n) is 2.49. The van der Waals surface area contributed by atoms with Gasteiger partial charge in [0.15, 0.2) is 0 Å². The predicted molar refractivity (Wildman–Crippen MR) is 61.9 cm³/mol. The molecule has 0 bridgehead atoms. The molecule has 4 nitrogen and oxygen atoms in total. The topological polar surface area (TPSA) is 55.6 Å². The summed E-state index contributed by atoms with van der Waals surface area (Å²) in [6.07, 6.45) is 5.34. The lowest BCUT2D eigenvalue weighted by Gasteiger charge is -2.39. The number of ether oxygens (including phenoxy) is 1. The van der Waals surface area contributed by atoms with Crippen LogP contribution < -0.4 is 5.73 Å². The Bertz CT molecular complexity index is 235. The second-order valence-electron chi connectivity index (χ2n) is 4.79. The quantitative estimate of drug-likeness (QED) is 0.769. The highest BCUT2D eigenvalue weighted by Gasteiger charge is 2.32. The monoisotopic (exact) mass is 226 g/mol. The molecule has 1 amide bonds. The van der Waals surface area contributed by atoms with Crippen LogP contribution in [0.1, 0.15) is 32.1 Å². The normalized spacial score (nSPS) is 22.8. The van der Waals surface area contributed by atoms with Crippen molar-refractivity contribution in [3.8, 4) is 0 Å². The highest BCUT2D eigenvalue weighted by Crippen LogP contribution is 2.27. The summed E-state index contributed by atoms with van der Waals surface area (Å²) in [5.74, 6) is 0.499. The van der Waals surface area contributed by atoms with Gasteiger partial charge in [-0.25, -0.2) is 0 Å². The first kappa shape index (κ1) is 11.9. The first-order valence-electron chi connectivity index (χ1n) is 6.41. The van der Waals surface area contributed by atoms with Gasteiger partial charge in [0, 0.05) is 38.3 Å². The van der Waals surface area contributed by atoms with E-state index in [0.717, 1.165) is 45.4 Å². The van der Waals surface area contributed by atoms with Crippen LogP contribution in [0, 0.1) is 5.92 Å². The van der Waals surface area contributed by atoms with Crippen molar-refractivity contribution in [1.29, 1.82) is 0 Å². The molecule has 0 atom stereocenters. The number of hydrogen-bond acceptors (Lipinski definition) is 3. The fourth-order valence-corrected chi connectivity index (χ4v) is 2.49. The Labute approximate surface area is 97.1 Å². The van der Waals surface area contributed by atoms with E-state index in [9.17, 15) is 4.79 Å². The smallest absolute Gasteiger partial charge is 0.226 e. The van der Waals surface area contributed by atoms with Crippen molar-refractivity contribution in [3.05, 3.63) is 0 Å². The Morgan fingerprint density at radius 3 is 2.44 bits per heavy atom. The zero-order valence-electron chi connectivity index (χ0n) is 9.86. The van der Waals surface area contributed by atoms with E-state index in [2.05, 4.69) is 0 Å². The first-order valence-corrected chi connectivity index (χ1v) is 6.41. The minimum atomic E-state index is 0.181. The molecular formula is C12H22N2O2. The average molecular weight is 226 g/mol. The largest absolute Gasteiger partial charge is 0.381 e. The van der Waals surface area contributed by atoms with E-state index in [1.54, 1.807) is 0 Å². The molecule has 4 heteroatoms. The highest BCUT2D eigenvalue weighted by molar-refractivity contribution is 5.79. The molecule has 2 aliphatic rings. The van der Waals surface area contributed by atoms with Crippen LogP contribution in [0.4, 0.5) is 0 Å². The number of rotatable bonds is 4. The summed E-state index contributed by atoms with van der Waals surface area (Å²) >= 11 is 0. The van der Waals surface area contributed by atoms with Crippen LogP contribution in [0.3, 0.4) is 0 Å². The van der Waals surface area contributed by atoms with Gasteiger partial charge in [-0.3, -0.25) is 4.79 Å². The number of carbonyl (C=O) groups is 1. The summed E-state index contributed by atoms with van der Waals surface area (Å²) in [5, 5.41) is 0.